The third-order valence-electron chi connectivity index (χ3n) is 3.08. The molecule has 0 saturated heterocycles. The summed E-state index contributed by atoms with van der Waals surface area (Å²) in [6.45, 7) is 4.36. The van der Waals surface area contributed by atoms with Gasteiger partial charge in [-0.1, -0.05) is 0 Å². The van der Waals surface area contributed by atoms with Crippen molar-refractivity contribution in [3.8, 4) is 0 Å². The average Bonchev–Trinajstić information content (AvgIpc) is 3.06. The van der Waals surface area contributed by atoms with Crippen molar-refractivity contribution < 1.29 is 0 Å². The van der Waals surface area contributed by atoms with E-state index < -0.39 is 0 Å². The van der Waals surface area contributed by atoms with Crippen LogP contribution in [0.1, 0.15) is 39.5 Å². The van der Waals surface area contributed by atoms with Gasteiger partial charge in [-0.3, -0.25) is 0 Å². The predicted octanol–water partition coefficient (Wildman–Crippen LogP) is 4.01. The van der Waals surface area contributed by atoms with Crippen molar-refractivity contribution >= 4 is 0 Å². The first kappa shape index (κ1) is 9.59. The standard InChI is InChI=1S/C14H18/c1-11(13-7-8-13)5-3-4-6-12(2)14-9-10-14/h3-4,13-14H,7-10H2,1-2H3. The van der Waals surface area contributed by atoms with E-state index in [2.05, 4.69) is 25.3 Å². The van der Waals surface area contributed by atoms with Gasteiger partial charge < -0.3 is 0 Å². The molecule has 0 heterocycles. The van der Waals surface area contributed by atoms with E-state index in [1.165, 1.54) is 36.8 Å². The highest BCUT2D eigenvalue weighted by Gasteiger charge is 2.23. The molecular formula is C14H18. The van der Waals surface area contributed by atoms with E-state index in [1.807, 2.05) is 12.2 Å². The van der Waals surface area contributed by atoms with Gasteiger partial charge in [0.15, 0.2) is 0 Å². The fourth-order valence-electron chi connectivity index (χ4n) is 1.61. The Balaban J connectivity index is 1.96. The van der Waals surface area contributed by atoms with Gasteiger partial charge in [-0.2, -0.15) is 0 Å². The maximum atomic E-state index is 3.32. The summed E-state index contributed by atoms with van der Waals surface area (Å²) in [5.74, 6) is 1.68. The molecule has 0 amide bonds. The van der Waals surface area contributed by atoms with Gasteiger partial charge in [0, 0.05) is 0 Å². The molecule has 0 aromatic rings. The minimum absolute atomic E-state index is 0.841. The van der Waals surface area contributed by atoms with Crippen molar-refractivity contribution in [2.24, 2.45) is 11.8 Å². The van der Waals surface area contributed by atoms with Gasteiger partial charge in [0.1, 0.15) is 0 Å². The molecule has 0 heteroatoms. The summed E-state index contributed by atoms with van der Waals surface area (Å²) < 4.78 is 0. The van der Waals surface area contributed by atoms with Crippen molar-refractivity contribution in [2.45, 2.75) is 39.5 Å². The van der Waals surface area contributed by atoms with Gasteiger partial charge in [0.05, 0.1) is 0 Å². The first-order valence-electron chi connectivity index (χ1n) is 5.62. The fraction of sp³-hybridized carbons (Fsp3) is 0.571. The van der Waals surface area contributed by atoms with E-state index in [-0.39, 0.29) is 0 Å². The third-order valence-corrected chi connectivity index (χ3v) is 3.08. The van der Waals surface area contributed by atoms with E-state index in [1.54, 1.807) is 0 Å². The Morgan fingerprint density at radius 3 is 1.50 bits per heavy atom. The van der Waals surface area contributed by atoms with Crippen molar-refractivity contribution in [2.75, 3.05) is 0 Å². The monoisotopic (exact) mass is 186 g/mol. The zero-order valence-corrected chi connectivity index (χ0v) is 9.14. The SMILES string of the molecule is CC(=C=CC=C=C(C)C1CC1)C1CC1. The van der Waals surface area contributed by atoms with E-state index in [4.69, 9.17) is 0 Å². The summed E-state index contributed by atoms with van der Waals surface area (Å²) in [7, 11) is 0. The van der Waals surface area contributed by atoms with E-state index in [0.29, 0.717) is 0 Å². The molecule has 2 aliphatic rings. The van der Waals surface area contributed by atoms with E-state index >= 15 is 0 Å². The summed E-state index contributed by atoms with van der Waals surface area (Å²) in [6.07, 6.45) is 9.50. The van der Waals surface area contributed by atoms with Gasteiger partial charge in [-0.05, 0) is 74.7 Å². The van der Waals surface area contributed by atoms with Crippen LogP contribution in [-0.4, -0.2) is 0 Å². The van der Waals surface area contributed by atoms with Crippen LogP contribution in [-0.2, 0) is 0 Å². The molecule has 0 spiro atoms. The molecule has 0 nitrogen and oxygen atoms in total. The quantitative estimate of drug-likeness (QED) is 0.461. The van der Waals surface area contributed by atoms with Crippen LogP contribution in [0.25, 0.3) is 0 Å². The van der Waals surface area contributed by atoms with Crippen molar-refractivity contribution in [3.63, 3.8) is 0 Å². The first-order chi connectivity index (χ1) is 6.77. The van der Waals surface area contributed by atoms with Crippen molar-refractivity contribution in [1.29, 1.82) is 0 Å². The maximum absolute atomic E-state index is 3.32. The Morgan fingerprint density at radius 2 is 1.21 bits per heavy atom. The topological polar surface area (TPSA) is 0 Å². The second kappa shape index (κ2) is 4.05. The lowest BCUT2D eigenvalue weighted by atomic mass is 10.2. The lowest BCUT2D eigenvalue weighted by molar-refractivity contribution is 1.01. The summed E-state index contributed by atoms with van der Waals surface area (Å²) in [4.78, 5) is 0. The lowest BCUT2D eigenvalue weighted by Crippen LogP contribution is -1.73. The van der Waals surface area contributed by atoms with Gasteiger partial charge in [-0.15, -0.1) is 11.5 Å². The largest absolute Gasteiger partial charge is 0.121 e. The number of rotatable bonds is 3. The summed E-state index contributed by atoms with van der Waals surface area (Å²) in [5, 5.41) is 0. The summed E-state index contributed by atoms with van der Waals surface area (Å²) >= 11 is 0. The molecule has 74 valence electrons. The normalized spacial score (nSPS) is 19.3. The van der Waals surface area contributed by atoms with Crippen molar-refractivity contribution in [1.82, 2.24) is 0 Å². The smallest absolute Gasteiger partial charge is 0.0123 e. The highest BCUT2D eigenvalue weighted by Crippen LogP contribution is 2.36. The molecule has 0 unspecified atom stereocenters. The Morgan fingerprint density at radius 1 is 0.857 bits per heavy atom. The van der Waals surface area contributed by atoms with Crippen LogP contribution in [0.2, 0.25) is 0 Å². The summed E-state index contributed by atoms with van der Waals surface area (Å²) in [5.41, 5.74) is 9.46. The van der Waals surface area contributed by atoms with E-state index in [0.717, 1.165) is 11.8 Å². The molecular weight excluding hydrogens is 168 g/mol. The predicted molar refractivity (Wildman–Crippen MR) is 60.0 cm³/mol. The van der Waals surface area contributed by atoms with Crippen LogP contribution >= 0.6 is 0 Å². The molecule has 0 N–H and O–H groups in total. The maximum Gasteiger partial charge on any atom is -0.0123 e. The zero-order valence-electron chi connectivity index (χ0n) is 9.14. The number of allylic oxidation sites excluding steroid dienone is 2. The molecule has 2 aliphatic carbocycles. The highest BCUT2D eigenvalue weighted by atomic mass is 14.3. The van der Waals surface area contributed by atoms with Gasteiger partial charge in [0.2, 0.25) is 0 Å². The molecule has 0 aromatic carbocycles. The molecule has 0 radical (unpaired) electrons. The number of hydrogen-bond acceptors (Lipinski definition) is 0. The Labute approximate surface area is 86.7 Å². The zero-order chi connectivity index (χ0) is 9.97. The molecule has 2 saturated carbocycles. The molecule has 14 heavy (non-hydrogen) atoms. The second-order valence-corrected chi connectivity index (χ2v) is 4.54. The van der Waals surface area contributed by atoms with Crippen LogP contribution in [0.3, 0.4) is 0 Å². The average molecular weight is 186 g/mol. The minimum Gasteiger partial charge on any atom is -0.121 e. The van der Waals surface area contributed by atoms with Gasteiger partial charge in [0.25, 0.3) is 0 Å². The van der Waals surface area contributed by atoms with Crippen LogP contribution < -0.4 is 0 Å². The summed E-state index contributed by atoms with van der Waals surface area (Å²) in [6, 6.07) is 0. The van der Waals surface area contributed by atoms with Gasteiger partial charge in [-0.25, -0.2) is 0 Å². The lowest BCUT2D eigenvalue weighted by Gasteiger charge is -1.87. The fourth-order valence-corrected chi connectivity index (χ4v) is 1.61. The molecule has 0 aromatic heterocycles. The van der Waals surface area contributed by atoms with Crippen molar-refractivity contribution in [3.05, 3.63) is 34.8 Å². The second-order valence-electron chi connectivity index (χ2n) is 4.54. The highest BCUT2D eigenvalue weighted by molar-refractivity contribution is 5.16. The first-order valence-corrected chi connectivity index (χ1v) is 5.62. The molecule has 2 rings (SSSR count). The molecule has 0 aliphatic heterocycles. The van der Waals surface area contributed by atoms with Crippen LogP contribution in [0.15, 0.2) is 34.8 Å². The molecule has 0 atom stereocenters. The Bertz CT molecular complexity index is 300. The third kappa shape index (κ3) is 2.77. The molecule has 2 fully saturated rings. The van der Waals surface area contributed by atoms with Crippen LogP contribution in [0, 0.1) is 11.8 Å². The Kier molecular flexibility index (Phi) is 2.77. The van der Waals surface area contributed by atoms with Crippen LogP contribution in [0.5, 0.6) is 0 Å². The number of hydrogen-bond donors (Lipinski definition) is 0. The van der Waals surface area contributed by atoms with Gasteiger partial charge >= 0.3 is 0 Å². The minimum atomic E-state index is 0.841. The van der Waals surface area contributed by atoms with E-state index in [9.17, 15) is 0 Å². The van der Waals surface area contributed by atoms with Crippen LogP contribution in [0.4, 0.5) is 0 Å². The molecule has 0 bridgehead atoms. The Hall–Kier alpha value is -0.960.